The molecule has 1 atom stereocenters. The Morgan fingerprint density at radius 3 is 2.11 bits per heavy atom. The fourth-order valence-corrected chi connectivity index (χ4v) is 2.96. The van der Waals surface area contributed by atoms with Crippen LogP contribution in [0.3, 0.4) is 0 Å². The fourth-order valence-electron chi connectivity index (χ4n) is 2.34. The maximum absolute atomic E-state index is 12.7. The van der Waals surface area contributed by atoms with Gasteiger partial charge in [-0.2, -0.15) is 0 Å². The molecule has 2 aromatic carbocycles. The summed E-state index contributed by atoms with van der Waals surface area (Å²) in [5.74, 6) is -0.500. The third kappa shape index (κ3) is 7.06. The quantitative estimate of drug-likeness (QED) is 0.362. The molecule has 0 aliphatic carbocycles. The summed E-state index contributed by atoms with van der Waals surface area (Å²) >= 11 is 3.50. The van der Waals surface area contributed by atoms with Gasteiger partial charge in [0.1, 0.15) is 23.7 Å². The topological polar surface area (TPSA) is 55.8 Å². The Morgan fingerprint density at radius 1 is 1.00 bits per heavy atom. The first kappa shape index (κ1) is 21.0. The van der Waals surface area contributed by atoms with Crippen molar-refractivity contribution < 1.29 is 19.1 Å². The minimum atomic E-state index is -0.634. The normalized spacial score (nSPS) is 12.1. The molecule has 5 nitrogen and oxygen atoms in total. The summed E-state index contributed by atoms with van der Waals surface area (Å²) in [4.78, 5) is 25.8. The molecule has 27 heavy (non-hydrogen) atoms. The predicted molar refractivity (Wildman–Crippen MR) is 107 cm³/mol. The number of carbonyl (C=O) groups is 2. The summed E-state index contributed by atoms with van der Waals surface area (Å²) in [6.07, 6.45) is -0.601. The Labute approximate surface area is 168 Å². The van der Waals surface area contributed by atoms with Gasteiger partial charge >= 0.3 is 12.1 Å². The number of amides is 1. The first-order valence-electron chi connectivity index (χ1n) is 8.64. The highest BCUT2D eigenvalue weighted by atomic mass is 79.9. The largest absolute Gasteiger partial charge is 0.459 e. The maximum atomic E-state index is 12.7. The van der Waals surface area contributed by atoms with Crippen LogP contribution >= 0.6 is 15.9 Å². The average molecular weight is 434 g/mol. The Morgan fingerprint density at radius 2 is 1.56 bits per heavy atom. The second kappa shape index (κ2) is 9.55. The van der Waals surface area contributed by atoms with Crippen LogP contribution in [0.5, 0.6) is 0 Å². The molecule has 0 aliphatic rings. The molecule has 0 aliphatic heterocycles. The van der Waals surface area contributed by atoms with Gasteiger partial charge in [-0.3, -0.25) is 9.69 Å². The van der Waals surface area contributed by atoms with Gasteiger partial charge in [-0.25, -0.2) is 4.79 Å². The molecule has 144 valence electrons. The molecule has 0 saturated carbocycles. The molecule has 0 bridgehead atoms. The van der Waals surface area contributed by atoms with Crippen molar-refractivity contribution in [1.29, 1.82) is 0 Å². The summed E-state index contributed by atoms with van der Waals surface area (Å²) in [6.45, 7) is 5.25. The van der Waals surface area contributed by atoms with Crippen LogP contribution in [0.4, 0.5) is 4.79 Å². The van der Waals surface area contributed by atoms with E-state index < -0.39 is 22.6 Å². The first-order chi connectivity index (χ1) is 12.8. The molecule has 0 fully saturated rings. The lowest BCUT2D eigenvalue weighted by Gasteiger charge is -2.28. The number of hydrogen-bond acceptors (Lipinski definition) is 4. The molecular formula is C21H24BrNO4. The van der Waals surface area contributed by atoms with Crippen molar-refractivity contribution in [3.05, 3.63) is 71.8 Å². The molecule has 0 heterocycles. The summed E-state index contributed by atoms with van der Waals surface area (Å²) in [5.41, 5.74) is 1.07. The number of esters is 1. The van der Waals surface area contributed by atoms with Crippen LogP contribution < -0.4 is 0 Å². The molecule has 0 radical (unpaired) electrons. The number of hydrogen-bond donors (Lipinski definition) is 0. The average Bonchev–Trinajstić information content (AvgIpc) is 2.64. The van der Waals surface area contributed by atoms with Crippen molar-refractivity contribution in [2.45, 2.75) is 37.9 Å². The molecule has 0 saturated heterocycles. The lowest BCUT2D eigenvalue weighted by Crippen LogP contribution is -2.39. The van der Waals surface area contributed by atoms with Gasteiger partial charge in [0.2, 0.25) is 0 Å². The second-order valence-corrected chi connectivity index (χ2v) is 7.87. The summed E-state index contributed by atoms with van der Waals surface area (Å²) in [7, 11) is 0. The Balaban J connectivity index is 2.12. The molecule has 0 spiro atoms. The van der Waals surface area contributed by atoms with E-state index in [4.69, 9.17) is 9.47 Å². The monoisotopic (exact) mass is 433 g/mol. The lowest BCUT2D eigenvalue weighted by molar-refractivity contribution is -0.155. The number of halogens is 1. The van der Waals surface area contributed by atoms with Crippen molar-refractivity contribution in [2.24, 2.45) is 0 Å². The third-order valence-corrected chi connectivity index (χ3v) is 4.53. The molecule has 6 heteroatoms. The minimum absolute atomic E-state index is 0.124. The summed E-state index contributed by atoms with van der Waals surface area (Å²) in [6, 6.07) is 18.7. The SMILES string of the molecule is CC(C)(C)OC(=O)CN(C(=O)OCc1ccccc1)C(Br)c1ccccc1. The molecular weight excluding hydrogens is 410 g/mol. The van der Waals surface area contributed by atoms with Crippen LogP contribution in [0.2, 0.25) is 0 Å². The predicted octanol–water partition coefficient (Wildman–Crippen LogP) is 5.06. The van der Waals surface area contributed by atoms with Gasteiger partial charge in [0.15, 0.2) is 0 Å². The van der Waals surface area contributed by atoms with Gasteiger partial charge in [0, 0.05) is 0 Å². The van der Waals surface area contributed by atoms with Crippen molar-refractivity contribution >= 4 is 28.0 Å². The number of ether oxygens (including phenoxy) is 2. The van der Waals surface area contributed by atoms with Crippen LogP contribution in [0, 0.1) is 0 Å². The highest BCUT2D eigenvalue weighted by molar-refractivity contribution is 9.09. The molecule has 1 amide bonds. The zero-order valence-electron chi connectivity index (χ0n) is 15.7. The molecule has 0 aromatic heterocycles. The zero-order valence-corrected chi connectivity index (χ0v) is 17.3. The van der Waals surface area contributed by atoms with Crippen LogP contribution in [0.1, 0.15) is 36.8 Å². The maximum Gasteiger partial charge on any atom is 0.411 e. The van der Waals surface area contributed by atoms with E-state index in [-0.39, 0.29) is 13.2 Å². The van der Waals surface area contributed by atoms with Crippen molar-refractivity contribution in [2.75, 3.05) is 6.54 Å². The van der Waals surface area contributed by atoms with E-state index >= 15 is 0 Å². The van der Waals surface area contributed by atoms with Gasteiger partial charge in [0.05, 0.1) is 0 Å². The van der Waals surface area contributed by atoms with Crippen molar-refractivity contribution in [3.8, 4) is 0 Å². The molecule has 1 unspecified atom stereocenters. The van der Waals surface area contributed by atoms with E-state index in [1.165, 1.54) is 4.90 Å². The summed E-state index contributed by atoms with van der Waals surface area (Å²) in [5, 5.41) is 0. The highest BCUT2D eigenvalue weighted by Crippen LogP contribution is 2.28. The number of benzene rings is 2. The third-order valence-electron chi connectivity index (χ3n) is 3.51. The number of nitrogens with zero attached hydrogens (tertiary/aromatic N) is 1. The summed E-state index contributed by atoms with van der Waals surface area (Å²) < 4.78 is 10.8. The van der Waals surface area contributed by atoms with Crippen LogP contribution in [-0.4, -0.2) is 29.1 Å². The van der Waals surface area contributed by atoms with Crippen LogP contribution in [-0.2, 0) is 20.9 Å². The van der Waals surface area contributed by atoms with Gasteiger partial charge < -0.3 is 9.47 Å². The molecule has 2 aromatic rings. The van der Waals surface area contributed by atoms with Gasteiger partial charge in [-0.05, 0) is 31.9 Å². The standard InChI is InChI=1S/C21H24BrNO4/c1-21(2,3)27-18(24)14-23(19(22)17-12-8-5-9-13-17)20(25)26-15-16-10-6-4-7-11-16/h4-13,19H,14-15H2,1-3H3. The van der Waals surface area contributed by atoms with E-state index in [1.807, 2.05) is 60.7 Å². The number of rotatable bonds is 6. The highest BCUT2D eigenvalue weighted by Gasteiger charge is 2.29. The van der Waals surface area contributed by atoms with Crippen LogP contribution in [0.15, 0.2) is 60.7 Å². The Hall–Kier alpha value is -2.34. The van der Waals surface area contributed by atoms with E-state index in [1.54, 1.807) is 20.8 Å². The lowest BCUT2D eigenvalue weighted by atomic mass is 10.2. The number of carbonyl (C=O) groups excluding carboxylic acids is 2. The van der Waals surface area contributed by atoms with E-state index in [0.29, 0.717) is 0 Å². The second-order valence-electron chi connectivity index (χ2n) is 7.00. The minimum Gasteiger partial charge on any atom is -0.459 e. The van der Waals surface area contributed by atoms with Gasteiger partial charge in [-0.1, -0.05) is 76.6 Å². The molecule has 2 rings (SSSR count). The number of alkyl halides is 1. The van der Waals surface area contributed by atoms with E-state index in [2.05, 4.69) is 15.9 Å². The smallest absolute Gasteiger partial charge is 0.411 e. The van der Waals surface area contributed by atoms with Gasteiger partial charge in [-0.15, -0.1) is 0 Å². The zero-order chi connectivity index (χ0) is 19.9. The van der Waals surface area contributed by atoms with Crippen molar-refractivity contribution in [3.63, 3.8) is 0 Å². The Bertz CT molecular complexity index is 744. The van der Waals surface area contributed by atoms with Crippen LogP contribution in [0.25, 0.3) is 0 Å². The fraction of sp³-hybridized carbons (Fsp3) is 0.333. The van der Waals surface area contributed by atoms with Gasteiger partial charge in [0.25, 0.3) is 0 Å². The Kier molecular flexibility index (Phi) is 7.42. The molecule has 0 N–H and O–H groups in total. The van der Waals surface area contributed by atoms with E-state index in [9.17, 15) is 9.59 Å². The van der Waals surface area contributed by atoms with Crippen molar-refractivity contribution in [1.82, 2.24) is 4.90 Å². The first-order valence-corrected chi connectivity index (χ1v) is 9.56. The van der Waals surface area contributed by atoms with E-state index in [0.717, 1.165) is 11.1 Å².